The van der Waals surface area contributed by atoms with Gasteiger partial charge >= 0.3 is 0 Å². The van der Waals surface area contributed by atoms with Gasteiger partial charge in [0.25, 0.3) is 0 Å². The predicted octanol–water partition coefficient (Wildman–Crippen LogP) is 1.86. The number of guanidine groups is 1. The lowest BCUT2D eigenvalue weighted by molar-refractivity contribution is 0.582. The Morgan fingerprint density at radius 3 is 2.38 bits per heavy atom. The molecule has 0 spiro atoms. The molecule has 5 nitrogen and oxygen atoms in total. The van der Waals surface area contributed by atoms with Crippen molar-refractivity contribution in [1.29, 1.82) is 0 Å². The Morgan fingerprint density at radius 2 is 1.81 bits per heavy atom. The third-order valence-electron chi connectivity index (χ3n) is 2.91. The second-order valence-corrected chi connectivity index (χ2v) is 6.27. The average molecular weight is 289 g/mol. The van der Waals surface area contributed by atoms with E-state index in [9.17, 15) is 0 Å². The van der Waals surface area contributed by atoms with Crippen molar-refractivity contribution in [2.45, 2.75) is 46.7 Å². The first-order chi connectivity index (χ1) is 9.67. The highest BCUT2D eigenvalue weighted by Crippen LogP contribution is 2.09. The van der Waals surface area contributed by atoms with E-state index in [-0.39, 0.29) is 11.5 Å². The first-order valence-electron chi connectivity index (χ1n) is 7.12. The minimum Gasteiger partial charge on any atom is -0.386 e. The van der Waals surface area contributed by atoms with Crippen LogP contribution in [-0.2, 0) is 6.54 Å². The summed E-state index contributed by atoms with van der Waals surface area (Å²) in [7, 11) is 0. The highest BCUT2D eigenvalue weighted by molar-refractivity contribution is 5.95. The molecule has 0 radical (unpaired) electrons. The molecule has 0 unspecified atom stereocenters. The summed E-state index contributed by atoms with van der Waals surface area (Å²) in [4.78, 5) is 8.32. The number of amidine groups is 1. The van der Waals surface area contributed by atoms with Crippen molar-refractivity contribution in [3.05, 3.63) is 34.9 Å². The Hall–Kier alpha value is -1.88. The molecule has 0 bridgehead atoms. The molecule has 0 aliphatic heterocycles. The summed E-state index contributed by atoms with van der Waals surface area (Å²) >= 11 is 0. The Labute approximate surface area is 127 Å². The van der Waals surface area contributed by atoms with Gasteiger partial charge in [-0.1, -0.05) is 18.2 Å². The number of nitrogens with zero attached hydrogens (tertiary/aromatic N) is 2. The largest absolute Gasteiger partial charge is 0.386 e. The van der Waals surface area contributed by atoms with Crippen LogP contribution in [0.3, 0.4) is 0 Å². The molecule has 116 valence electrons. The number of nitrogens with two attached hydrogens (primary N) is 2. The van der Waals surface area contributed by atoms with Crippen LogP contribution < -0.4 is 16.8 Å². The van der Waals surface area contributed by atoms with Gasteiger partial charge in [-0.2, -0.15) is 4.99 Å². The number of nitrogens with one attached hydrogen (secondary N) is 1. The quantitative estimate of drug-likeness (QED) is 0.584. The Balaban J connectivity index is 2.51. The second kappa shape index (κ2) is 7.22. The van der Waals surface area contributed by atoms with E-state index < -0.39 is 0 Å². The van der Waals surface area contributed by atoms with Crippen LogP contribution in [0.15, 0.2) is 28.2 Å². The van der Waals surface area contributed by atoms with Gasteiger partial charge in [0.2, 0.25) is 5.96 Å². The van der Waals surface area contributed by atoms with Crippen molar-refractivity contribution >= 4 is 11.8 Å². The molecule has 0 amide bonds. The van der Waals surface area contributed by atoms with Crippen molar-refractivity contribution in [2.24, 2.45) is 21.5 Å². The first-order valence-corrected chi connectivity index (χ1v) is 7.12. The van der Waals surface area contributed by atoms with Gasteiger partial charge in [-0.15, -0.1) is 0 Å². The van der Waals surface area contributed by atoms with Crippen molar-refractivity contribution in [3.8, 4) is 0 Å². The summed E-state index contributed by atoms with van der Waals surface area (Å²) in [5.74, 6) is 0.650. The molecule has 0 aliphatic carbocycles. The highest BCUT2D eigenvalue weighted by atomic mass is 15.1. The molecule has 1 rings (SSSR count). The molecule has 21 heavy (non-hydrogen) atoms. The number of benzene rings is 1. The van der Waals surface area contributed by atoms with Gasteiger partial charge in [0.15, 0.2) is 0 Å². The van der Waals surface area contributed by atoms with Crippen LogP contribution in [0.1, 0.15) is 37.5 Å². The maximum Gasteiger partial charge on any atom is 0.217 e. The van der Waals surface area contributed by atoms with Gasteiger partial charge < -0.3 is 16.8 Å². The lowest BCUT2D eigenvalue weighted by Crippen LogP contribution is -2.31. The topological polar surface area (TPSA) is 88.8 Å². The number of hydrogen-bond donors (Lipinski definition) is 3. The second-order valence-electron chi connectivity index (χ2n) is 6.27. The maximum absolute atomic E-state index is 5.84. The van der Waals surface area contributed by atoms with Crippen LogP contribution in [0.5, 0.6) is 0 Å². The van der Waals surface area contributed by atoms with Crippen molar-refractivity contribution < 1.29 is 0 Å². The molecular weight excluding hydrogens is 262 g/mol. The first kappa shape index (κ1) is 17.2. The van der Waals surface area contributed by atoms with Crippen molar-refractivity contribution in [3.63, 3.8) is 0 Å². The number of rotatable bonds is 4. The van der Waals surface area contributed by atoms with Crippen LogP contribution in [0.4, 0.5) is 0 Å². The van der Waals surface area contributed by atoms with E-state index in [0.29, 0.717) is 12.4 Å². The molecular formula is C16H27N5. The zero-order valence-electron chi connectivity index (χ0n) is 13.7. The molecule has 5 heteroatoms. The molecule has 0 atom stereocenters. The Bertz CT molecular complexity index is 538. The van der Waals surface area contributed by atoms with E-state index in [0.717, 1.165) is 6.54 Å². The van der Waals surface area contributed by atoms with E-state index in [4.69, 9.17) is 11.5 Å². The van der Waals surface area contributed by atoms with Crippen LogP contribution in [0, 0.1) is 13.8 Å². The zero-order valence-corrected chi connectivity index (χ0v) is 13.7. The third-order valence-corrected chi connectivity index (χ3v) is 2.91. The fraction of sp³-hybridized carbons (Fsp3) is 0.500. The molecule has 0 aliphatic rings. The fourth-order valence-corrected chi connectivity index (χ4v) is 1.80. The highest BCUT2D eigenvalue weighted by Gasteiger charge is 2.07. The summed E-state index contributed by atoms with van der Waals surface area (Å²) in [5, 5.41) is 3.25. The van der Waals surface area contributed by atoms with E-state index in [2.05, 4.69) is 47.3 Å². The average Bonchev–Trinajstić information content (AvgIpc) is 2.31. The van der Waals surface area contributed by atoms with E-state index in [1.165, 1.54) is 16.7 Å². The number of hydrogen-bond acceptors (Lipinski definition) is 2. The minimum absolute atomic E-state index is 0.216. The van der Waals surface area contributed by atoms with Gasteiger partial charge in [-0.05, 0) is 51.3 Å². The van der Waals surface area contributed by atoms with Gasteiger partial charge in [-0.25, -0.2) is 4.99 Å². The standard InChI is InChI=1S/C16H27N5/c1-11-6-7-13(8-12(11)2)9-19-10-14(17)20-15(18)21-16(3,4)5/h6-8,19H,9-10H2,1-5H3,(H4,17,18,20,21). The summed E-state index contributed by atoms with van der Waals surface area (Å²) in [5.41, 5.74) is 15.1. The van der Waals surface area contributed by atoms with Gasteiger partial charge in [0.05, 0.1) is 12.1 Å². The minimum atomic E-state index is -0.249. The lowest BCUT2D eigenvalue weighted by Gasteiger charge is -2.12. The number of aryl methyl sites for hydroxylation is 2. The zero-order chi connectivity index (χ0) is 16.0. The molecule has 0 fully saturated rings. The molecule has 0 saturated heterocycles. The van der Waals surface area contributed by atoms with Gasteiger partial charge in [0.1, 0.15) is 5.84 Å². The van der Waals surface area contributed by atoms with Crippen molar-refractivity contribution in [1.82, 2.24) is 5.32 Å². The Morgan fingerprint density at radius 1 is 1.14 bits per heavy atom. The summed E-state index contributed by atoms with van der Waals surface area (Å²) in [6.45, 7) is 11.3. The van der Waals surface area contributed by atoms with E-state index in [1.54, 1.807) is 0 Å². The Kier molecular flexibility index (Phi) is 5.90. The smallest absolute Gasteiger partial charge is 0.217 e. The third kappa shape index (κ3) is 6.90. The van der Waals surface area contributed by atoms with E-state index >= 15 is 0 Å². The summed E-state index contributed by atoms with van der Waals surface area (Å²) < 4.78 is 0. The maximum atomic E-state index is 5.84. The molecule has 1 aromatic carbocycles. The van der Waals surface area contributed by atoms with Gasteiger partial charge in [-0.3, -0.25) is 0 Å². The monoisotopic (exact) mass is 289 g/mol. The lowest BCUT2D eigenvalue weighted by atomic mass is 10.1. The fourth-order valence-electron chi connectivity index (χ4n) is 1.80. The molecule has 0 aromatic heterocycles. The van der Waals surface area contributed by atoms with Crippen molar-refractivity contribution in [2.75, 3.05) is 6.54 Å². The van der Waals surface area contributed by atoms with Crippen LogP contribution in [-0.4, -0.2) is 23.9 Å². The molecule has 5 N–H and O–H groups in total. The summed E-state index contributed by atoms with van der Waals surface area (Å²) in [6, 6.07) is 6.40. The van der Waals surface area contributed by atoms with Crippen LogP contribution >= 0.6 is 0 Å². The van der Waals surface area contributed by atoms with Gasteiger partial charge in [0, 0.05) is 6.54 Å². The normalized spacial score (nSPS) is 13.6. The SMILES string of the molecule is Cc1ccc(CNCC(N)=NC(N)=NC(C)(C)C)cc1C. The number of aliphatic imine (C=N–C) groups is 2. The van der Waals surface area contributed by atoms with Crippen LogP contribution in [0.25, 0.3) is 0 Å². The molecule has 1 aromatic rings. The molecule has 0 heterocycles. The van der Waals surface area contributed by atoms with Crippen LogP contribution in [0.2, 0.25) is 0 Å². The summed E-state index contributed by atoms with van der Waals surface area (Å²) in [6.07, 6.45) is 0. The molecule has 0 saturated carbocycles. The predicted molar refractivity (Wildman–Crippen MR) is 90.6 cm³/mol. The van der Waals surface area contributed by atoms with E-state index in [1.807, 2.05) is 20.8 Å².